The van der Waals surface area contributed by atoms with Crippen molar-refractivity contribution in [3.8, 4) is 0 Å². The molecule has 3 atom stereocenters. The van der Waals surface area contributed by atoms with Crippen LogP contribution in [0.1, 0.15) is 25.8 Å². The highest BCUT2D eigenvalue weighted by Crippen LogP contribution is 2.53. The van der Waals surface area contributed by atoms with Crippen LogP contribution in [0.15, 0.2) is 22.7 Å². The number of ether oxygens (including phenoxy) is 1. The predicted octanol–water partition coefficient (Wildman–Crippen LogP) is 4.69. The van der Waals surface area contributed by atoms with Crippen LogP contribution in [0.4, 0.5) is 18.9 Å². The van der Waals surface area contributed by atoms with Gasteiger partial charge in [0.1, 0.15) is 0 Å². The van der Waals surface area contributed by atoms with Crippen LogP contribution in [-0.4, -0.2) is 18.8 Å². The monoisotopic (exact) mass is 363 g/mol. The van der Waals surface area contributed by atoms with Gasteiger partial charge in [0.25, 0.3) is 0 Å². The van der Waals surface area contributed by atoms with E-state index in [2.05, 4.69) is 21.2 Å². The van der Waals surface area contributed by atoms with E-state index in [0.29, 0.717) is 17.0 Å². The summed E-state index contributed by atoms with van der Waals surface area (Å²) in [4.78, 5) is 0. The second kappa shape index (κ2) is 4.88. The molecule has 0 aromatic heterocycles. The Hall–Kier alpha value is -0.750. The molecule has 3 rings (SSSR count). The lowest BCUT2D eigenvalue weighted by Gasteiger charge is -2.55. The van der Waals surface area contributed by atoms with Gasteiger partial charge in [0.15, 0.2) is 0 Å². The number of fused-ring (bicyclic) bond motifs is 1. The Bertz CT molecular complexity index is 558. The number of rotatable bonds is 2. The number of nitrogens with one attached hydrogen (secondary N) is 1. The summed E-state index contributed by atoms with van der Waals surface area (Å²) in [7, 11) is 0. The average Bonchev–Trinajstić information content (AvgIpc) is 2.82. The number of alkyl halides is 3. The molecule has 0 bridgehead atoms. The van der Waals surface area contributed by atoms with Crippen LogP contribution < -0.4 is 5.32 Å². The van der Waals surface area contributed by atoms with E-state index in [-0.39, 0.29) is 23.2 Å². The molecule has 1 heterocycles. The topological polar surface area (TPSA) is 21.3 Å². The Morgan fingerprint density at radius 3 is 2.71 bits per heavy atom. The van der Waals surface area contributed by atoms with Crippen molar-refractivity contribution in [2.24, 2.45) is 11.3 Å². The zero-order chi connectivity index (χ0) is 15.4. The van der Waals surface area contributed by atoms with Crippen molar-refractivity contribution in [3.05, 3.63) is 28.2 Å². The van der Waals surface area contributed by atoms with Gasteiger partial charge in [-0.05, 0) is 24.6 Å². The van der Waals surface area contributed by atoms with Crippen LogP contribution in [0, 0.1) is 11.3 Å². The van der Waals surface area contributed by atoms with Crippen LogP contribution in [0.25, 0.3) is 0 Å². The molecule has 1 aromatic rings. The second-order valence-corrected chi connectivity index (χ2v) is 7.29. The van der Waals surface area contributed by atoms with E-state index in [0.717, 1.165) is 12.5 Å². The molecule has 116 valence electrons. The minimum absolute atomic E-state index is 0.00674. The highest BCUT2D eigenvalue weighted by Gasteiger charge is 2.59. The van der Waals surface area contributed by atoms with Crippen molar-refractivity contribution in [1.29, 1.82) is 0 Å². The number of halogens is 4. The smallest absolute Gasteiger partial charge is 0.381 e. The highest BCUT2D eigenvalue weighted by molar-refractivity contribution is 9.10. The fourth-order valence-corrected chi connectivity index (χ4v) is 4.02. The van der Waals surface area contributed by atoms with Gasteiger partial charge in [-0.25, -0.2) is 0 Å². The third-order valence-corrected chi connectivity index (χ3v) is 5.19. The SMILES string of the molecule is CC1(C)C(Nc2ccc(Br)cc2C(F)(F)F)C2CCOC21. The van der Waals surface area contributed by atoms with Crippen molar-refractivity contribution in [1.82, 2.24) is 0 Å². The molecule has 1 aromatic carbocycles. The zero-order valence-electron chi connectivity index (χ0n) is 11.8. The van der Waals surface area contributed by atoms with Crippen molar-refractivity contribution in [3.63, 3.8) is 0 Å². The van der Waals surface area contributed by atoms with Crippen molar-refractivity contribution in [2.45, 2.75) is 38.6 Å². The third kappa shape index (κ3) is 2.46. The number of benzene rings is 1. The summed E-state index contributed by atoms with van der Waals surface area (Å²) in [5.41, 5.74) is -0.638. The van der Waals surface area contributed by atoms with Crippen molar-refractivity contribution >= 4 is 21.6 Å². The van der Waals surface area contributed by atoms with Gasteiger partial charge < -0.3 is 10.1 Å². The molecular weight excluding hydrogens is 347 g/mol. The lowest BCUT2D eigenvalue weighted by atomic mass is 9.57. The first-order valence-electron chi connectivity index (χ1n) is 6.96. The lowest BCUT2D eigenvalue weighted by Crippen LogP contribution is -2.63. The molecule has 21 heavy (non-hydrogen) atoms. The van der Waals surface area contributed by atoms with Crippen LogP contribution in [-0.2, 0) is 10.9 Å². The second-order valence-electron chi connectivity index (χ2n) is 6.37. The predicted molar refractivity (Wildman–Crippen MR) is 78.2 cm³/mol. The summed E-state index contributed by atoms with van der Waals surface area (Å²) in [6.07, 6.45) is -3.31. The summed E-state index contributed by atoms with van der Waals surface area (Å²) in [6, 6.07) is 4.25. The molecule has 1 saturated heterocycles. The van der Waals surface area contributed by atoms with Gasteiger partial charge in [-0.3, -0.25) is 0 Å². The standard InChI is InChI=1S/C15H17BrF3NO/c1-14(2)12(9-5-6-21-13(9)14)20-11-4-3-8(16)7-10(11)15(17,18)19/h3-4,7,9,12-13,20H,5-6H2,1-2H3. The molecule has 1 aliphatic heterocycles. The fraction of sp³-hybridized carbons (Fsp3) is 0.600. The van der Waals surface area contributed by atoms with E-state index in [9.17, 15) is 13.2 Å². The van der Waals surface area contributed by atoms with Crippen molar-refractivity contribution in [2.75, 3.05) is 11.9 Å². The minimum Gasteiger partial charge on any atom is -0.381 e. The molecule has 0 radical (unpaired) electrons. The largest absolute Gasteiger partial charge is 0.418 e. The molecule has 1 saturated carbocycles. The maximum absolute atomic E-state index is 13.2. The average molecular weight is 364 g/mol. The number of anilines is 1. The van der Waals surface area contributed by atoms with E-state index >= 15 is 0 Å². The van der Waals surface area contributed by atoms with E-state index in [1.165, 1.54) is 6.07 Å². The number of hydrogen-bond acceptors (Lipinski definition) is 2. The van der Waals surface area contributed by atoms with E-state index in [1.54, 1.807) is 6.07 Å². The molecule has 0 amide bonds. The summed E-state index contributed by atoms with van der Waals surface area (Å²) in [6.45, 7) is 4.79. The van der Waals surface area contributed by atoms with Crippen LogP contribution in [0.2, 0.25) is 0 Å². The molecule has 6 heteroatoms. The quantitative estimate of drug-likeness (QED) is 0.822. The third-order valence-electron chi connectivity index (χ3n) is 4.70. The first-order valence-corrected chi connectivity index (χ1v) is 7.75. The fourth-order valence-electron chi connectivity index (χ4n) is 3.66. The van der Waals surface area contributed by atoms with Crippen LogP contribution >= 0.6 is 15.9 Å². The van der Waals surface area contributed by atoms with E-state index in [1.807, 2.05) is 13.8 Å². The van der Waals surface area contributed by atoms with Crippen molar-refractivity contribution < 1.29 is 17.9 Å². The van der Waals surface area contributed by atoms with Gasteiger partial charge in [-0.2, -0.15) is 13.2 Å². The van der Waals surface area contributed by atoms with Gasteiger partial charge in [0.2, 0.25) is 0 Å². The summed E-state index contributed by atoms with van der Waals surface area (Å²) in [5.74, 6) is 0.296. The Balaban J connectivity index is 1.89. The van der Waals surface area contributed by atoms with Gasteiger partial charge >= 0.3 is 6.18 Å². The van der Waals surface area contributed by atoms with Gasteiger partial charge in [-0.1, -0.05) is 29.8 Å². The molecule has 2 nitrogen and oxygen atoms in total. The maximum Gasteiger partial charge on any atom is 0.418 e. The lowest BCUT2D eigenvalue weighted by molar-refractivity contribution is -0.137. The maximum atomic E-state index is 13.2. The Morgan fingerprint density at radius 1 is 1.33 bits per heavy atom. The molecule has 2 aliphatic rings. The van der Waals surface area contributed by atoms with Crippen LogP contribution in [0.3, 0.4) is 0 Å². The zero-order valence-corrected chi connectivity index (χ0v) is 13.4. The first kappa shape index (κ1) is 15.2. The molecular formula is C15H17BrF3NO. The Morgan fingerprint density at radius 2 is 2.05 bits per heavy atom. The van der Waals surface area contributed by atoms with Crippen LogP contribution in [0.5, 0.6) is 0 Å². The molecule has 1 aliphatic carbocycles. The van der Waals surface area contributed by atoms with E-state index in [4.69, 9.17) is 4.74 Å². The minimum atomic E-state index is -4.37. The summed E-state index contributed by atoms with van der Waals surface area (Å²) >= 11 is 3.11. The summed E-state index contributed by atoms with van der Waals surface area (Å²) < 4.78 is 45.6. The van der Waals surface area contributed by atoms with Gasteiger partial charge in [0, 0.05) is 34.1 Å². The highest BCUT2D eigenvalue weighted by atomic mass is 79.9. The Kier molecular flexibility index (Phi) is 3.52. The Labute approximate surface area is 130 Å². The first-order chi connectivity index (χ1) is 9.71. The molecule has 2 fully saturated rings. The summed E-state index contributed by atoms with van der Waals surface area (Å²) in [5, 5.41) is 3.12. The normalized spacial score (nSPS) is 30.7. The van der Waals surface area contributed by atoms with Gasteiger partial charge in [0.05, 0.1) is 11.7 Å². The van der Waals surface area contributed by atoms with E-state index < -0.39 is 11.7 Å². The molecule has 3 unspecified atom stereocenters. The number of hydrogen-bond donors (Lipinski definition) is 1. The van der Waals surface area contributed by atoms with Gasteiger partial charge in [-0.15, -0.1) is 0 Å². The molecule has 0 spiro atoms. The molecule has 1 N–H and O–H groups in total.